The third-order valence-electron chi connectivity index (χ3n) is 6.40. The topological polar surface area (TPSA) is 72.8 Å². The van der Waals surface area contributed by atoms with Gasteiger partial charge >= 0.3 is 11.9 Å². The molecule has 2 saturated heterocycles. The Balaban J connectivity index is 1.29. The van der Waals surface area contributed by atoms with Crippen molar-refractivity contribution >= 4 is 35.5 Å². The second kappa shape index (κ2) is 8.15. The molecule has 0 aromatic carbocycles. The fraction of sp³-hybridized carbons (Fsp3) is 0.900. The Hall–Kier alpha value is -0.400. The lowest BCUT2D eigenvalue weighted by atomic mass is 9.83. The van der Waals surface area contributed by atoms with Gasteiger partial charge in [0.15, 0.2) is 0 Å². The quantitative estimate of drug-likeness (QED) is 0.456. The van der Waals surface area contributed by atoms with Crippen LogP contribution in [0.5, 0.6) is 0 Å². The molecule has 3 aliphatic rings. The molecule has 0 aromatic heterocycles. The first kappa shape index (κ1) is 21.3. The lowest BCUT2D eigenvalue weighted by molar-refractivity contribution is -0.157. The number of ether oxygens (including phenoxy) is 2. The minimum Gasteiger partial charge on any atom is -0.463 e. The summed E-state index contributed by atoms with van der Waals surface area (Å²) in [5.74, 6) is -0.758. The second-order valence-corrected chi connectivity index (χ2v) is 12.2. The molecule has 0 radical (unpaired) electrons. The maximum absolute atomic E-state index is 12.2. The summed E-state index contributed by atoms with van der Waals surface area (Å²) >= 11 is 3.87. The monoisotopic (exact) mass is 416 g/mol. The van der Waals surface area contributed by atoms with Crippen molar-refractivity contribution in [2.75, 3.05) is 13.2 Å². The molecule has 154 valence electrons. The molecule has 1 aliphatic carbocycles. The van der Waals surface area contributed by atoms with Crippen molar-refractivity contribution in [2.45, 2.75) is 85.9 Å². The van der Waals surface area contributed by atoms with Crippen LogP contribution >= 0.6 is 23.5 Å². The highest BCUT2D eigenvalue weighted by molar-refractivity contribution is 8.08. The predicted octanol–water partition coefficient (Wildman–Crippen LogP) is 3.42. The summed E-state index contributed by atoms with van der Waals surface area (Å²) in [6, 6.07) is 0. The number of carbonyl (C=O) groups is 2. The van der Waals surface area contributed by atoms with Crippen molar-refractivity contribution in [3.63, 3.8) is 0 Å². The Labute approximate surface area is 170 Å². The van der Waals surface area contributed by atoms with Gasteiger partial charge in [0.05, 0.1) is 11.8 Å². The van der Waals surface area contributed by atoms with Crippen LogP contribution in [0, 0.1) is 11.8 Å². The van der Waals surface area contributed by atoms with Crippen molar-refractivity contribution in [2.24, 2.45) is 11.8 Å². The van der Waals surface area contributed by atoms with Gasteiger partial charge in [0.25, 0.3) is 0 Å². The van der Waals surface area contributed by atoms with Crippen LogP contribution in [0.4, 0.5) is 0 Å². The molecule has 3 fully saturated rings. The summed E-state index contributed by atoms with van der Waals surface area (Å²) in [5, 5.41) is 11.1. The Morgan fingerprint density at radius 1 is 1.22 bits per heavy atom. The number of carbonyl (C=O) groups excluding carboxylic acids is 2. The van der Waals surface area contributed by atoms with E-state index in [9.17, 15) is 14.7 Å². The average molecular weight is 417 g/mol. The summed E-state index contributed by atoms with van der Waals surface area (Å²) in [6.45, 7) is 8.29. The number of aliphatic hydroxyl groups is 1. The van der Waals surface area contributed by atoms with Crippen molar-refractivity contribution in [3.8, 4) is 0 Å². The van der Waals surface area contributed by atoms with Crippen LogP contribution in [-0.2, 0) is 19.1 Å². The van der Waals surface area contributed by atoms with E-state index < -0.39 is 6.10 Å². The normalized spacial score (nSPS) is 39.1. The molecule has 27 heavy (non-hydrogen) atoms. The number of fused-ring (bicyclic) bond motifs is 1. The molecule has 3 rings (SSSR count). The minimum absolute atomic E-state index is 0.0586. The van der Waals surface area contributed by atoms with Gasteiger partial charge in [-0.1, -0.05) is 13.8 Å². The van der Waals surface area contributed by atoms with Gasteiger partial charge in [0.2, 0.25) is 0 Å². The first-order valence-corrected chi connectivity index (χ1v) is 11.8. The van der Waals surface area contributed by atoms with Crippen molar-refractivity contribution in [3.05, 3.63) is 0 Å². The first-order chi connectivity index (χ1) is 12.7. The zero-order chi connectivity index (χ0) is 19.8. The number of thioether (sulfide) groups is 2. The van der Waals surface area contributed by atoms with Crippen LogP contribution in [0.1, 0.15) is 59.8 Å². The molecule has 7 atom stereocenters. The molecule has 2 aliphatic heterocycles. The molecular formula is C20H32O5S2. The standard InChI is InChI=1S/C20H32O5S2/c1-5-19(3)15(26-19)8-12(2)17(22)24-10-14(21)11-25-18(23)13-6-7-20(4)16(9-13)27-20/h12-16,21H,5-11H2,1-4H3/t12?,13?,14?,15-,16?,19?,20?/m0/s1. The number of rotatable bonds is 9. The van der Waals surface area contributed by atoms with Gasteiger partial charge in [-0.15, -0.1) is 23.5 Å². The van der Waals surface area contributed by atoms with Gasteiger partial charge < -0.3 is 14.6 Å². The zero-order valence-electron chi connectivity index (χ0n) is 16.7. The van der Waals surface area contributed by atoms with E-state index in [4.69, 9.17) is 9.47 Å². The van der Waals surface area contributed by atoms with Gasteiger partial charge in [0, 0.05) is 20.0 Å². The molecule has 1 saturated carbocycles. The Bertz CT molecular complexity index is 585. The van der Waals surface area contributed by atoms with E-state index in [1.54, 1.807) is 0 Å². The highest BCUT2D eigenvalue weighted by Crippen LogP contribution is 2.62. The fourth-order valence-electron chi connectivity index (χ4n) is 3.84. The SMILES string of the molecule is CCC1(C)S[C@H]1CC(C)C(=O)OCC(O)COC(=O)C1CCC2(C)SC2C1. The molecule has 0 amide bonds. The maximum Gasteiger partial charge on any atom is 0.309 e. The second-order valence-electron chi connectivity index (χ2n) is 8.71. The highest BCUT2D eigenvalue weighted by atomic mass is 32.2. The Morgan fingerprint density at radius 2 is 1.93 bits per heavy atom. The van der Waals surface area contributed by atoms with Gasteiger partial charge in [-0.05, 0) is 46.0 Å². The summed E-state index contributed by atoms with van der Waals surface area (Å²) in [6.07, 6.45) is 3.73. The predicted molar refractivity (Wildman–Crippen MR) is 109 cm³/mol. The van der Waals surface area contributed by atoms with Gasteiger partial charge in [0.1, 0.15) is 19.3 Å². The smallest absolute Gasteiger partial charge is 0.309 e. The number of esters is 2. The van der Waals surface area contributed by atoms with E-state index in [1.165, 1.54) is 0 Å². The molecule has 2 heterocycles. The van der Waals surface area contributed by atoms with Crippen molar-refractivity contribution in [1.29, 1.82) is 0 Å². The van der Waals surface area contributed by atoms with E-state index in [0.29, 0.717) is 20.0 Å². The van der Waals surface area contributed by atoms with Crippen LogP contribution in [0.25, 0.3) is 0 Å². The molecule has 0 bridgehead atoms. The molecular weight excluding hydrogens is 384 g/mol. The largest absolute Gasteiger partial charge is 0.463 e. The summed E-state index contributed by atoms with van der Waals surface area (Å²) in [4.78, 5) is 24.3. The highest BCUT2D eigenvalue weighted by Gasteiger charge is 2.55. The van der Waals surface area contributed by atoms with E-state index in [-0.39, 0.29) is 37.0 Å². The van der Waals surface area contributed by atoms with Crippen LogP contribution in [-0.4, -0.2) is 56.4 Å². The van der Waals surface area contributed by atoms with Gasteiger partial charge in [-0.2, -0.15) is 0 Å². The number of aliphatic hydroxyl groups excluding tert-OH is 1. The molecule has 5 nitrogen and oxygen atoms in total. The van der Waals surface area contributed by atoms with E-state index in [1.807, 2.05) is 30.4 Å². The average Bonchev–Trinajstić information content (AvgIpc) is 3.51. The number of hydrogen-bond acceptors (Lipinski definition) is 7. The molecule has 7 heteroatoms. The number of hydrogen-bond donors (Lipinski definition) is 1. The van der Waals surface area contributed by atoms with Crippen LogP contribution in [0.2, 0.25) is 0 Å². The Kier molecular flexibility index (Phi) is 6.43. The van der Waals surface area contributed by atoms with Crippen molar-refractivity contribution < 1.29 is 24.2 Å². The van der Waals surface area contributed by atoms with E-state index >= 15 is 0 Å². The third-order valence-corrected chi connectivity index (χ3v) is 10.0. The zero-order valence-corrected chi connectivity index (χ0v) is 18.4. The molecule has 1 N–H and O–H groups in total. The van der Waals surface area contributed by atoms with Crippen molar-refractivity contribution in [1.82, 2.24) is 0 Å². The minimum atomic E-state index is -0.967. The molecule has 0 aromatic rings. The lowest BCUT2D eigenvalue weighted by Gasteiger charge is -2.23. The fourth-order valence-corrected chi connectivity index (χ4v) is 6.60. The molecule has 6 unspecified atom stereocenters. The first-order valence-electron chi connectivity index (χ1n) is 10.0. The van der Waals surface area contributed by atoms with Gasteiger partial charge in [-0.25, -0.2) is 0 Å². The van der Waals surface area contributed by atoms with E-state index in [0.717, 1.165) is 32.1 Å². The van der Waals surface area contributed by atoms with Gasteiger partial charge in [-0.3, -0.25) is 9.59 Å². The summed E-state index contributed by atoms with van der Waals surface area (Å²) in [5.41, 5.74) is 0. The molecule has 0 spiro atoms. The summed E-state index contributed by atoms with van der Waals surface area (Å²) in [7, 11) is 0. The lowest BCUT2D eigenvalue weighted by Crippen LogP contribution is -2.31. The van der Waals surface area contributed by atoms with Crippen LogP contribution < -0.4 is 0 Å². The third kappa shape index (κ3) is 5.15. The van der Waals surface area contributed by atoms with Crippen LogP contribution in [0.3, 0.4) is 0 Å². The Morgan fingerprint density at radius 3 is 2.56 bits per heavy atom. The maximum atomic E-state index is 12.2. The van der Waals surface area contributed by atoms with Crippen LogP contribution in [0.15, 0.2) is 0 Å². The summed E-state index contributed by atoms with van der Waals surface area (Å²) < 4.78 is 11.2. The van der Waals surface area contributed by atoms with E-state index in [2.05, 4.69) is 20.8 Å².